The number of aryl methyl sites for hydroxylation is 1. The van der Waals surface area contributed by atoms with Crippen molar-refractivity contribution >= 4 is 23.9 Å². The van der Waals surface area contributed by atoms with Crippen molar-refractivity contribution in [3.8, 4) is 11.4 Å². The molecular formula is C19H22N6OS. The van der Waals surface area contributed by atoms with E-state index in [1.807, 2.05) is 41.9 Å². The summed E-state index contributed by atoms with van der Waals surface area (Å²) < 4.78 is 4.07. The predicted octanol–water partition coefficient (Wildman–Crippen LogP) is 3.87. The number of aromatic amines is 1. The molecule has 2 heterocycles. The van der Waals surface area contributed by atoms with Crippen molar-refractivity contribution in [3.05, 3.63) is 46.9 Å². The van der Waals surface area contributed by atoms with Crippen LogP contribution in [0.5, 0.6) is 0 Å². The van der Waals surface area contributed by atoms with Crippen LogP contribution in [0.3, 0.4) is 0 Å². The quantitative estimate of drug-likeness (QED) is 0.657. The van der Waals surface area contributed by atoms with E-state index in [0.29, 0.717) is 16.6 Å². The maximum atomic E-state index is 12.7. The van der Waals surface area contributed by atoms with Gasteiger partial charge in [-0.25, -0.2) is 4.68 Å². The van der Waals surface area contributed by atoms with Gasteiger partial charge in [-0.3, -0.25) is 14.5 Å². The Labute approximate surface area is 162 Å². The van der Waals surface area contributed by atoms with E-state index in [2.05, 4.69) is 20.6 Å². The summed E-state index contributed by atoms with van der Waals surface area (Å²) in [6.45, 7) is 2.11. The third kappa shape index (κ3) is 3.71. The maximum Gasteiger partial charge on any atom is 0.245 e. The second kappa shape index (κ2) is 7.48. The highest BCUT2D eigenvalue weighted by Crippen LogP contribution is 2.31. The van der Waals surface area contributed by atoms with Crippen molar-refractivity contribution in [1.29, 1.82) is 0 Å². The molecule has 8 heteroatoms. The fraction of sp³-hybridized carbons (Fsp3) is 0.368. The number of carbonyl (C=O) groups excluding carboxylic acids is 1. The number of rotatable bonds is 5. The molecule has 7 nitrogen and oxygen atoms in total. The fourth-order valence-corrected chi connectivity index (χ4v) is 3.84. The first kappa shape index (κ1) is 17.7. The minimum Gasteiger partial charge on any atom is -0.309 e. The Morgan fingerprint density at radius 3 is 2.93 bits per heavy atom. The summed E-state index contributed by atoms with van der Waals surface area (Å²) in [5.74, 6) is 1.24. The average Bonchev–Trinajstić information content (AvgIpc) is 3.37. The van der Waals surface area contributed by atoms with E-state index in [-0.39, 0.29) is 12.5 Å². The molecule has 3 aromatic rings. The monoisotopic (exact) mass is 382 g/mol. The Morgan fingerprint density at radius 1 is 1.33 bits per heavy atom. The molecule has 0 radical (unpaired) electrons. The number of aromatic nitrogens is 5. The first-order valence-corrected chi connectivity index (χ1v) is 9.58. The molecule has 1 aliphatic rings. The van der Waals surface area contributed by atoms with Gasteiger partial charge >= 0.3 is 0 Å². The van der Waals surface area contributed by atoms with Gasteiger partial charge in [-0.15, -0.1) is 0 Å². The van der Waals surface area contributed by atoms with Crippen molar-refractivity contribution in [1.82, 2.24) is 24.5 Å². The van der Waals surface area contributed by atoms with Crippen LogP contribution in [0.4, 0.5) is 5.82 Å². The van der Waals surface area contributed by atoms with Gasteiger partial charge < -0.3 is 5.32 Å². The molecule has 1 aliphatic carbocycles. The van der Waals surface area contributed by atoms with Crippen LogP contribution >= 0.6 is 12.2 Å². The van der Waals surface area contributed by atoms with E-state index in [4.69, 9.17) is 12.2 Å². The fourth-order valence-electron chi connectivity index (χ4n) is 3.65. The highest BCUT2D eigenvalue weighted by Gasteiger charge is 2.21. The van der Waals surface area contributed by atoms with Crippen molar-refractivity contribution in [2.45, 2.75) is 45.2 Å². The molecule has 0 bridgehead atoms. The Balaban J connectivity index is 1.54. The second-order valence-electron chi connectivity index (χ2n) is 6.96. The maximum absolute atomic E-state index is 12.7. The Bertz CT molecular complexity index is 1010. The molecule has 1 aromatic carbocycles. The number of carbonyl (C=O) groups is 1. The smallest absolute Gasteiger partial charge is 0.245 e. The number of anilines is 1. The molecule has 1 fully saturated rings. The number of nitrogens with one attached hydrogen (secondary N) is 2. The van der Waals surface area contributed by atoms with Gasteiger partial charge in [-0.2, -0.15) is 10.2 Å². The van der Waals surface area contributed by atoms with E-state index in [1.54, 1.807) is 10.8 Å². The third-order valence-electron chi connectivity index (χ3n) is 4.94. The lowest BCUT2D eigenvalue weighted by atomic mass is 10.1. The highest BCUT2D eigenvalue weighted by molar-refractivity contribution is 7.71. The predicted molar refractivity (Wildman–Crippen MR) is 106 cm³/mol. The van der Waals surface area contributed by atoms with Crippen LogP contribution in [0.25, 0.3) is 11.4 Å². The average molecular weight is 382 g/mol. The second-order valence-corrected chi connectivity index (χ2v) is 7.34. The van der Waals surface area contributed by atoms with E-state index >= 15 is 0 Å². The van der Waals surface area contributed by atoms with Crippen LogP contribution < -0.4 is 5.32 Å². The van der Waals surface area contributed by atoms with Crippen LogP contribution in [-0.2, 0) is 11.3 Å². The van der Waals surface area contributed by atoms with Gasteiger partial charge in [-0.05, 0) is 38.0 Å². The van der Waals surface area contributed by atoms with E-state index < -0.39 is 0 Å². The summed E-state index contributed by atoms with van der Waals surface area (Å²) in [7, 11) is 0. The standard InChI is InChI=1S/C19H22N6OS/c1-13-5-4-6-14(11-13)18-22-23-19(27)24(18)12-17(26)21-16-9-10-20-25(16)15-7-2-3-8-15/h4-6,9-11,15H,2-3,7-8,12H2,1H3,(H,21,26)(H,23,27). The van der Waals surface area contributed by atoms with Crippen molar-refractivity contribution in [3.63, 3.8) is 0 Å². The van der Waals surface area contributed by atoms with E-state index in [0.717, 1.165) is 29.8 Å². The van der Waals surface area contributed by atoms with E-state index in [9.17, 15) is 4.79 Å². The summed E-state index contributed by atoms with van der Waals surface area (Å²) in [6.07, 6.45) is 6.36. The van der Waals surface area contributed by atoms with Crippen LogP contribution in [0.1, 0.15) is 37.3 Å². The zero-order valence-electron chi connectivity index (χ0n) is 15.2. The molecular weight excluding hydrogens is 360 g/mol. The molecule has 0 atom stereocenters. The number of hydrogen-bond acceptors (Lipinski definition) is 4. The van der Waals surface area contributed by atoms with Gasteiger partial charge in [0.05, 0.1) is 12.2 Å². The number of H-pyrrole nitrogens is 1. The molecule has 4 rings (SSSR count). The summed E-state index contributed by atoms with van der Waals surface area (Å²) in [4.78, 5) is 12.7. The first-order chi connectivity index (χ1) is 13.1. The number of benzene rings is 1. The van der Waals surface area contributed by atoms with Gasteiger partial charge in [0.1, 0.15) is 12.4 Å². The van der Waals surface area contributed by atoms with E-state index in [1.165, 1.54) is 12.8 Å². The van der Waals surface area contributed by atoms with Gasteiger partial charge in [0, 0.05) is 11.6 Å². The molecule has 2 N–H and O–H groups in total. The van der Waals surface area contributed by atoms with Crippen molar-refractivity contribution in [2.24, 2.45) is 0 Å². The zero-order chi connectivity index (χ0) is 18.8. The Hall–Kier alpha value is -2.74. The molecule has 1 saturated carbocycles. The Kier molecular flexibility index (Phi) is 4.89. The summed E-state index contributed by atoms with van der Waals surface area (Å²) >= 11 is 5.33. The summed E-state index contributed by atoms with van der Waals surface area (Å²) in [6, 6.07) is 10.2. The summed E-state index contributed by atoms with van der Waals surface area (Å²) in [5, 5.41) is 14.5. The number of nitrogens with zero attached hydrogens (tertiary/aromatic N) is 4. The van der Waals surface area contributed by atoms with Gasteiger partial charge in [0.25, 0.3) is 0 Å². The van der Waals surface area contributed by atoms with Gasteiger partial charge in [0.15, 0.2) is 10.6 Å². The normalized spacial score (nSPS) is 14.6. The largest absolute Gasteiger partial charge is 0.309 e. The molecule has 0 unspecified atom stereocenters. The zero-order valence-corrected chi connectivity index (χ0v) is 16.0. The van der Waals surface area contributed by atoms with Crippen LogP contribution in [0.15, 0.2) is 36.5 Å². The van der Waals surface area contributed by atoms with Gasteiger partial charge in [0.2, 0.25) is 5.91 Å². The topological polar surface area (TPSA) is 80.5 Å². The number of amides is 1. The highest BCUT2D eigenvalue weighted by atomic mass is 32.1. The Morgan fingerprint density at radius 2 is 2.15 bits per heavy atom. The first-order valence-electron chi connectivity index (χ1n) is 9.17. The minimum absolute atomic E-state index is 0.0917. The lowest BCUT2D eigenvalue weighted by Gasteiger charge is -2.15. The van der Waals surface area contributed by atoms with Crippen molar-refractivity contribution < 1.29 is 4.79 Å². The molecule has 0 aliphatic heterocycles. The molecule has 27 heavy (non-hydrogen) atoms. The lowest BCUT2D eigenvalue weighted by molar-refractivity contribution is -0.116. The number of hydrogen-bond donors (Lipinski definition) is 2. The minimum atomic E-state index is -0.152. The molecule has 0 saturated heterocycles. The van der Waals surface area contributed by atoms with Crippen LogP contribution in [0.2, 0.25) is 0 Å². The summed E-state index contributed by atoms with van der Waals surface area (Å²) in [5.41, 5.74) is 2.05. The molecule has 1 amide bonds. The van der Waals surface area contributed by atoms with Crippen LogP contribution in [-0.4, -0.2) is 30.5 Å². The third-order valence-corrected chi connectivity index (χ3v) is 5.26. The molecule has 140 valence electrons. The van der Waals surface area contributed by atoms with Crippen molar-refractivity contribution in [2.75, 3.05) is 5.32 Å². The molecule has 0 spiro atoms. The van der Waals surface area contributed by atoms with Gasteiger partial charge in [-0.1, -0.05) is 36.6 Å². The SMILES string of the molecule is Cc1cccc(-c2n[nH]c(=S)n2CC(=O)Nc2ccnn2C2CCCC2)c1. The molecule has 2 aromatic heterocycles. The van der Waals surface area contributed by atoms with Crippen LogP contribution in [0, 0.1) is 11.7 Å². The lowest BCUT2D eigenvalue weighted by Crippen LogP contribution is -2.22.